The van der Waals surface area contributed by atoms with E-state index in [-0.39, 0.29) is 12.2 Å². The van der Waals surface area contributed by atoms with Crippen LogP contribution in [0.15, 0.2) is 24.3 Å². The van der Waals surface area contributed by atoms with Crippen molar-refractivity contribution >= 4 is 11.8 Å². The Bertz CT molecular complexity index is 570. The zero-order chi connectivity index (χ0) is 18.4. The van der Waals surface area contributed by atoms with Gasteiger partial charge in [0.25, 0.3) is 0 Å². The number of methoxy groups -OCH3 is 1. The molecule has 6 heteroatoms. The zero-order valence-corrected chi connectivity index (χ0v) is 15.6. The van der Waals surface area contributed by atoms with Crippen LogP contribution < -0.4 is 10.6 Å². The molecule has 144 valence electrons. The van der Waals surface area contributed by atoms with Gasteiger partial charge in [-0.3, -0.25) is 4.90 Å². The minimum atomic E-state index is -0.296. The highest BCUT2D eigenvalue weighted by Gasteiger charge is 2.32. The second kappa shape index (κ2) is 9.35. The molecular formula is C20H30N2O4. The lowest BCUT2D eigenvalue weighted by Gasteiger charge is -2.29. The van der Waals surface area contributed by atoms with Gasteiger partial charge in [-0.25, -0.2) is 4.79 Å². The SMILES string of the molecule is COC[C@H]1CN(c2ccc(C3CCC(OCCCN)CC3)cc2)C(=O)O1. The molecule has 1 heterocycles. The number of benzene rings is 1. The van der Waals surface area contributed by atoms with Crippen LogP contribution in [0, 0.1) is 0 Å². The minimum absolute atomic E-state index is 0.193. The van der Waals surface area contributed by atoms with E-state index in [0.29, 0.717) is 31.7 Å². The molecule has 1 aliphatic carbocycles. The Kier molecular flexibility index (Phi) is 6.88. The van der Waals surface area contributed by atoms with Gasteiger partial charge < -0.3 is 19.9 Å². The second-order valence-electron chi connectivity index (χ2n) is 7.15. The van der Waals surface area contributed by atoms with Gasteiger partial charge in [-0.1, -0.05) is 12.1 Å². The average molecular weight is 362 g/mol. The van der Waals surface area contributed by atoms with Crippen molar-refractivity contribution in [1.82, 2.24) is 0 Å². The van der Waals surface area contributed by atoms with Crippen molar-refractivity contribution in [3.8, 4) is 0 Å². The molecule has 3 rings (SSSR count). The molecule has 1 saturated heterocycles. The van der Waals surface area contributed by atoms with Gasteiger partial charge in [0.2, 0.25) is 0 Å². The summed E-state index contributed by atoms with van der Waals surface area (Å²) in [6.45, 7) is 2.43. The number of anilines is 1. The summed E-state index contributed by atoms with van der Waals surface area (Å²) in [6.07, 6.45) is 5.34. The first-order valence-corrected chi connectivity index (χ1v) is 9.60. The Hall–Kier alpha value is -1.63. The van der Waals surface area contributed by atoms with Crippen molar-refractivity contribution in [2.24, 2.45) is 5.73 Å². The predicted molar refractivity (Wildman–Crippen MR) is 101 cm³/mol. The molecule has 1 saturated carbocycles. The number of carbonyl (C=O) groups excluding carboxylic acids is 1. The average Bonchev–Trinajstić information content (AvgIpc) is 3.03. The number of cyclic esters (lactones) is 1. The number of amides is 1. The normalized spacial score (nSPS) is 26.2. The first kappa shape index (κ1) is 19.1. The monoisotopic (exact) mass is 362 g/mol. The molecular weight excluding hydrogens is 332 g/mol. The molecule has 6 nitrogen and oxygen atoms in total. The predicted octanol–water partition coefficient (Wildman–Crippen LogP) is 3.05. The topological polar surface area (TPSA) is 74.0 Å². The third-order valence-corrected chi connectivity index (χ3v) is 5.28. The number of nitrogens with two attached hydrogens (primary N) is 1. The van der Waals surface area contributed by atoms with Gasteiger partial charge in [-0.2, -0.15) is 0 Å². The molecule has 2 aliphatic rings. The summed E-state index contributed by atoms with van der Waals surface area (Å²) in [7, 11) is 1.61. The number of hydrogen-bond donors (Lipinski definition) is 1. The Morgan fingerprint density at radius 3 is 2.58 bits per heavy atom. The summed E-state index contributed by atoms with van der Waals surface area (Å²) in [5, 5.41) is 0. The molecule has 0 aromatic heterocycles. The molecule has 1 aliphatic heterocycles. The number of rotatable bonds is 8. The summed E-state index contributed by atoms with van der Waals surface area (Å²) in [6, 6.07) is 8.34. The van der Waals surface area contributed by atoms with Crippen LogP contribution in [0.2, 0.25) is 0 Å². The Balaban J connectivity index is 1.51. The van der Waals surface area contributed by atoms with Crippen LogP contribution in [-0.2, 0) is 14.2 Å². The maximum absolute atomic E-state index is 12.0. The fourth-order valence-electron chi connectivity index (χ4n) is 3.83. The molecule has 2 N–H and O–H groups in total. The lowest BCUT2D eigenvalue weighted by molar-refractivity contribution is 0.0243. The Labute approximate surface area is 155 Å². The maximum atomic E-state index is 12.0. The van der Waals surface area contributed by atoms with Crippen molar-refractivity contribution in [2.75, 3.05) is 38.3 Å². The van der Waals surface area contributed by atoms with Crippen LogP contribution in [0.4, 0.5) is 10.5 Å². The molecule has 1 aromatic carbocycles. The highest BCUT2D eigenvalue weighted by molar-refractivity contribution is 5.89. The van der Waals surface area contributed by atoms with Gasteiger partial charge in [0.1, 0.15) is 6.10 Å². The third kappa shape index (κ3) is 4.75. The fourth-order valence-corrected chi connectivity index (χ4v) is 3.83. The van der Waals surface area contributed by atoms with E-state index in [1.165, 1.54) is 5.56 Å². The van der Waals surface area contributed by atoms with E-state index >= 15 is 0 Å². The lowest BCUT2D eigenvalue weighted by atomic mass is 9.82. The maximum Gasteiger partial charge on any atom is 0.414 e. The van der Waals surface area contributed by atoms with E-state index in [9.17, 15) is 4.79 Å². The molecule has 0 unspecified atom stereocenters. The number of hydrogen-bond acceptors (Lipinski definition) is 5. The summed E-state index contributed by atoms with van der Waals surface area (Å²) < 4.78 is 16.3. The lowest BCUT2D eigenvalue weighted by Crippen LogP contribution is -2.25. The molecule has 0 bridgehead atoms. The molecule has 0 spiro atoms. The first-order chi connectivity index (χ1) is 12.7. The molecule has 2 fully saturated rings. The van der Waals surface area contributed by atoms with E-state index in [4.69, 9.17) is 19.9 Å². The van der Waals surface area contributed by atoms with E-state index in [1.54, 1.807) is 12.0 Å². The van der Waals surface area contributed by atoms with Crippen molar-refractivity contribution in [3.63, 3.8) is 0 Å². The van der Waals surface area contributed by atoms with Gasteiger partial charge in [-0.15, -0.1) is 0 Å². The van der Waals surface area contributed by atoms with E-state index in [2.05, 4.69) is 12.1 Å². The summed E-state index contributed by atoms with van der Waals surface area (Å²) in [5.41, 5.74) is 7.74. The summed E-state index contributed by atoms with van der Waals surface area (Å²) in [4.78, 5) is 13.7. The highest BCUT2D eigenvalue weighted by atomic mass is 16.6. The van der Waals surface area contributed by atoms with Crippen LogP contribution in [0.1, 0.15) is 43.6 Å². The molecule has 1 amide bonds. The molecule has 26 heavy (non-hydrogen) atoms. The summed E-state index contributed by atoms with van der Waals surface area (Å²) in [5.74, 6) is 0.574. The van der Waals surface area contributed by atoms with Crippen molar-refractivity contribution < 1.29 is 19.0 Å². The molecule has 1 aromatic rings. The summed E-state index contributed by atoms with van der Waals surface area (Å²) >= 11 is 0. The third-order valence-electron chi connectivity index (χ3n) is 5.28. The van der Waals surface area contributed by atoms with Crippen LogP contribution >= 0.6 is 0 Å². The van der Waals surface area contributed by atoms with E-state index in [0.717, 1.165) is 44.4 Å². The highest BCUT2D eigenvalue weighted by Crippen LogP contribution is 2.35. The largest absolute Gasteiger partial charge is 0.441 e. The van der Waals surface area contributed by atoms with Gasteiger partial charge in [0, 0.05) is 19.4 Å². The quantitative estimate of drug-likeness (QED) is 0.720. The number of ether oxygens (including phenoxy) is 3. The van der Waals surface area contributed by atoms with Crippen molar-refractivity contribution in [1.29, 1.82) is 0 Å². The number of carbonyl (C=O) groups is 1. The van der Waals surface area contributed by atoms with Gasteiger partial charge in [0.05, 0.1) is 19.3 Å². The Morgan fingerprint density at radius 1 is 1.19 bits per heavy atom. The fraction of sp³-hybridized carbons (Fsp3) is 0.650. The molecule has 0 radical (unpaired) electrons. The molecule has 1 atom stereocenters. The smallest absolute Gasteiger partial charge is 0.414 e. The van der Waals surface area contributed by atoms with Crippen LogP contribution in [0.3, 0.4) is 0 Å². The standard InChI is InChI=1S/C20H30N2O4/c1-24-14-19-13-22(20(23)26-19)17-7-3-15(4-8-17)16-5-9-18(10-6-16)25-12-2-11-21/h3-4,7-8,16,18-19H,2,5-6,9-14,21H2,1H3/t16?,18?,19-/m1/s1. The van der Waals surface area contributed by atoms with Crippen LogP contribution in [-0.4, -0.2) is 51.7 Å². The van der Waals surface area contributed by atoms with Gasteiger partial charge in [0.15, 0.2) is 0 Å². The van der Waals surface area contributed by atoms with Gasteiger partial charge >= 0.3 is 6.09 Å². The van der Waals surface area contributed by atoms with Crippen molar-refractivity contribution in [3.05, 3.63) is 29.8 Å². The van der Waals surface area contributed by atoms with Gasteiger partial charge in [-0.05, 0) is 62.3 Å². The van der Waals surface area contributed by atoms with E-state index < -0.39 is 0 Å². The number of nitrogens with zero attached hydrogens (tertiary/aromatic N) is 1. The minimum Gasteiger partial charge on any atom is -0.441 e. The Morgan fingerprint density at radius 2 is 1.92 bits per heavy atom. The zero-order valence-electron chi connectivity index (χ0n) is 15.6. The van der Waals surface area contributed by atoms with Crippen LogP contribution in [0.25, 0.3) is 0 Å². The second-order valence-corrected chi connectivity index (χ2v) is 7.15. The van der Waals surface area contributed by atoms with E-state index in [1.807, 2.05) is 12.1 Å². The van der Waals surface area contributed by atoms with Crippen molar-refractivity contribution in [2.45, 2.75) is 50.2 Å². The van der Waals surface area contributed by atoms with Crippen LogP contribution in [0.5, 0.6) is 0 Å². The first-order valence-electron chi connectivity index (χ1n) is 9.60.